The Labute approximate surface area is 155 Å². The minimum atomic E-state index is -0.428. The van der Waals surface area contributed by atoms with Gasteiger partial charge in [0.1, 0.15) is 5.75 Å². The smallest absolute Gasteiger partial charge is 0.332 e. The lowest BCUT2D eigenvalue weighted by atomic mass is 10.2. The number of hydrogen-bond acceptors (Lipinski definition) is 6. The average molecular weight is 370 g/mol. The number of hydrogen-bond donors (Lipinski definition) is 1. The van der Waals surface area contributed by atoms with Gasteiger partial charge in [-0.15, -0.1) is 0 Å². The Kier molecular flexibility index (Phi) is 5.11. The maximum atomic E-state index is 12.4. The van der Waals surface area contributed by atoms with Crippen LogP contribution in [-0.4, -0.2) is 31.5 Å². The van der Waals surface area contributed by atoms with E-state index in [1.54, 1.807) is 24.9 Å². The van der Waals surface area contributed by atoms with Gasteiger partial charge in [0, 0.05) is 26.7 Å². The Balaban J connectivity index is 1.93. The van der Waals surface area contributed by atoms with Crippen LogP contribution >= 0.6 is 0 Å². The van der Waals surface area contributed by atoms with Crippen LogP contribution in [0, 0.1) is 0 Å². The first-order chi connectivity index (χ1) is 13.0. The maximum Gasteiger partial charge on any atom is 0.332 e. The highest BCUT2D eigenvalue weighted by molar-refractivity contribution is 5.84. The molecule has 0 spiro atoms. The molecule has 0 fully saturated rings. The number of anilines is 1. The van der Waals surface area contributed by atoms with Gasteiger partial charge in [-0.1, -0.05) is 19.1 Å². The SMILES string of the molecule is CCCOc1ccccc1/C=N\Nc1nc2c(c(=O)n(C)c(=O)n2C)n1C. The van der Waals surface area contributed by atoms with Gasteiger partial charge in [-0.3, -0.25) is 13.9 Å². The number of nitrogens with one attached hydrogen (secondary N) is 1. The molecule has 0 aliphatic carbocycles. The third kappa shape index (κ3) is 3.35. The number of para-hydroxylation sites is 1. The van der Waals surface area contributed by atoms with Crippen LogP contribution < -0.4 is 21.4 Å². The van der Waals surface area contributed by atoms with Gasteiger partial charge in [-0.25, -0.2) is 10.2 Å². The first kappa shape index (κ1) is 18.4. The largest absolute Gasteiger partial charge is 0.493 e. The van der Waals surface area contributed by atoms with E-state index >= 15 is 0 Å². The molecule has 142 valence electrons. The highest BCUT2D eigenvalue weighted by atomic mass is 16.5. The van der Waals surface area contributed by atoms with Crippen LogP contribution in [0.2, 0.25) is 0 Å². The van der Waals surface area contributed by atoms with Crippen LogP contribution in [0.15, 0.2) is 39.0 Å². The minimum Gasteiger partial charge on any atom is -0.493 e. The molecule has 3 rings (SSSR count). The summed E-state index contributed by atoms with van der Waals surface area (Å²) < 4.78 is 9.66. The Bertz CT molecular complexity index is 1120. The minimum absolute atomic E-state index is 0.301. The van der Waals surface area contributed by atoms with Crippen molar-refractivity contribution in [2.24, 2.45) is 26.2 Å². The van der Waals surface area contributed by atoms with E-state index in [1.807, 2.05) is 31.2 Å². The van der Waals surface area contributed by atoms with Crippen LogP contribution in [0.5, 0.6) is 5.75 Å². The molecule has 0 saturated heterocycles. The lowest BCUT2D eigenvalue weighted by Crippen LogP contribution is -2.37. The number of imidazole rings is 1. The zero-order valence-corrected chi connectivity index (χ0v) is 15.8. The van der Waals surface area contributed by atoms with Gasteiger partial charge in [0.25, 0.3) is 5.56 Å². The second-order valence-electron chi connectivity index (χ2n) is 6.13. The topological polar surface area (TPSA) is 95.4 Å². The van der Waals surface area contributed by atoms with Gasteiger partial charge in [0.15, 0.2) is 11.2 Å². The number of hydrazone groups is 1. The highest BCUT2D eigenvalue weighted by Crippen LogP contribution is 2.17. The zero-order valence-electron chi connectivity index (χ0n) is 15.8. The van der Waals surface area contributed by atoms with E-state index in [0.717, 1.165) is 22.3 Å². The molecule has 1 aromatic carbocycles. The third-order valence-electron chi connectivity index (χ3n) is 4.22. The molecule has 3 aromatic rings. The molecule has 0 radical (unpaired) electrons. The van der Waals surface area contributed by atoms with Crippen LogP contribution in [0.1, 0.15) is 18.9 Å². The summed E-state index contributed by atoms with van der Waals surface area (Å²) in [5, 5.41) is 4.21. The quantitative estimate of drug-likeness (QED) is 0.520. The van der Waals surface area contributed by atoms with Gasteiger partial charge in [0.2, 0.25) is 5.95 Å². The van der Waals surface area contributed by atoms with E-state index in [4.69, 9.17) is 4.74 Å². The maximum absolute atomic E-state index is 12.4. The number of ether oxygens (including phenoxy) is 1. The summed E-state index contributed by atoms with van der Waals surface area (Å²) in [5.41, 5.74) is 3.44. The average Bonchev–Trinajstić information content (AvgIpc) is 3.00. The molecular weight excluding hydrogens is 348 g/mol. The second kappa shape index (κ2) is 7.48. The Morgan fingerprint density at radius 3 is 2.63 bits per heavy atom. The van der Waals surface area contributed by atoms with Crippen molar-refractivity contribution in [2.45, 2.75) is 13.3 Å². The Hall–Kier alpha value is -3.36. The predicted octanol–water partition coefficient (Wildman–Crippen LogP) is 1.21. The van der Waals surface area contributed by atoms with Gasteiger partial charge in [0.05, 0.1) is 12.8 Å². The van der Waals surface area contributed by atoms with Crippen molar-refractivity contribution in [1.82, 2.24) is 18.7 Å². The van der Waals surface area contributed by atoms with Crippen molar-refractivity contribution in [3.8, 4) is 5.75 Å². The van der Waals surface area contributed by atoms with E-state index in [1.165, 1.54) is 11.6 Å². The van der Waals surface area contributed by atoms with Crippen molar-refractivity contribution in [2.75, 3.05) is 12.0 Å². The van der Waals surface area contributed by atoms with Crippen molar-refractivity contribution in [3.63, 3.8) is 0 Å². The van der Waals surface area contributed by atoms with Gasteiger partial charge in [-0.05, 0) is 18.6 Å². The second-order valence-corrected chi connectivity index (χ2v) is 6.13. The van der Waals surface area contributed by atoms with E-state index in [9.17, 15) is 9.59 Å². The number of fused-ring (bicyclic) bond motifs is 1. The molecular formula is C18H22N6O3. The molecule has 0 bridgehead atoms. The van der Waals surface area contributed by atoms with Gasteiger partial charge >= 0.3 is 5.69 Å². The zero-order chi connectivity index (χ0) is 19.6. The van der Waals surface area contributed by atoms with Crippen LogP contribution in [0.4, 0.5) is 5.95 Å². The van der Waals surface area contributed by atoms with Crippen molar-refractivity contribution in [3.05, 3.63) is 50.7 Å². The molecule has 27 heavy (non-hydrogen) atoms. The van der Waals surface area contributed by atoms with Crippen LogP contribution in [0.25, 0.3) is 11.2 Å². The standard InChI is InChI=1S/C18H22N6O3/c1-5-10-27-13-9-7-6-8-12(13)11-19-21-17-20-15-14(22(17)2)16(25)24(4)18(26)23(15)3/h6-9,11H,5,10H2,1-4H3,(H,20,21)/b19-11-. The highest BCUT2D eigenvalue weighted by Gasteiger charge is 2.16. The summed E-state index contributed by atoms with van der Waals surface area (Å²) in [6, 6.07) is 7.57. The first-order valence-corrected chi connectivity index (χ1v) is 8.59. The molecule has 1 N–H and O–H groups in total. The number of aryl methyl sites for hydroxylation is 2. The summed E-state index contributed by atoms with van der Waals surface area (Å²) in [6.07, 6.45) is 2.54. The number of aromatic nitrogens is 4. The molecule has 2 heterocycles. The van der Waals surface area contributed by atoms with E-state index in [0.29, 0.717) is 23.7 Å². The fraction of sp³-hybridized carbons (Fsp3) is 0.333. The molecule has 0 aliphatic rings. The Morgan fingerprint density at radius 2 is 1.89 bits per heavy atom. The van der Waals surface area contributed by atoms with E-state index < -0.39 is 11.2 Å². The number of rotatable bonds is 6. The third-order valence-corrected chi connectivity index (χ3v) is 4.22. The van der Waals surface area contributed by atoms with E-state index in [2.05, 4.69) is 15.5 Å². The monoisotopic (exact) mass is 370 g/mol. The summed E-state index contributed by atoms with van der Waals surface area (Å²) in [5.74, 6) is 1.10. The predicted molar refractivity (Wildman–Crippen MR) is 105 cm³/mol. The van der Waals surface area contributed by atoms with Crippen molar-refractivity contribution in [1.29, 1.82) is 0 Å². The molecule has 0 amide bonds. The summed E-state index contributed by atoms with van der Waals surface area (Å²) in [4.78, 5) is 28.8. The van der Waals surface area contributed by atoms with Gasteiger partial charge in [-0.2, -0.15) is 10.1 Å². The molecule has 9 heteroatoms. The van der Waals surface area contributed by atoms with Crippen LogP contribution in [0.3, 0.4) is 0 Å². The first-order valence-electron chi connectivity index (χ1n) is 8.59. The molecule has 0 atom stereocenters. The van der Waals surface area contributed by atoms with Crippen molar-refractivity contribution >= 4 is 23.3 Å². The molecule has 9 nitrogen and oxygen atoms in total. The van der Waals surface area contributed by atoms with Crippen molar-refractivity contribution < 1.29 is 4.74 Å². The van der Waals surface area contributed by atoms with Crippen LogP contribution in [-0.2, 0) is 21.1 Å². The number of benzene rings is 1. The normalized spacial score (nSPS) is 11.4. The Morgan fingerprint density at radius 1 is 1.15 bits per heavy atom. The fourth-order valence-corrected chi connectivity index (χ4v) is 2.71. The molecule has 0 aliphatic heterocycles. The number of nitrogens with zero attached hydrogens (tertiary/aromatic N) is 5. The lowest BCUT2D eigenvalue weighted by Gasteiger charge is -2.07. The lowest BCUT2D eigenvalue weighted by molar-refractivity contribution is 0.317. The summed E-state index contributed by atoms with van der Waals surface area (Å²) in [7, 11) is 4.71. The van der Waals surface area contributed by atoms with E-state index in [-0.39, 0.29) is 0 Å². The van der Waals surface area contributed by atoms with Gasteiger partial charge < -0.3 is 9.30 Å². The molecule has 0 saturated carbocycles. The summed E-state index contributed by atoms with van der Waals surface area (Å²) >= 11 is 0. The fourth-order valence-electron chi connectivity index (χ4n) is 2.71. The molecule has 2 aromatic heterocycles. The molecule has 0 unspecified atom stereocenters. The summed E-state index contributed by atoms with van der Waals surface area (Å²) in [6.45, 7) is 2.67.